The molecule has 39 heavy (non-hydrogen) atoms. The summed E-state index contributed by atoms with van der Waals surface area (Å²) in [5, 5.41) is 0.0619. The summed E-state index contributed by atoms with van der Waals surface area (Å²) in [7, 11) is -2.13. The number of pyridine rings is 1. The third-order valence-electron chi connectivity index (χ3n) is 7.66. The van der Waals surface area contributed by atoms with Gasteiger partial charge in [0.05, 0.1) is 29.8 Å². The van der Waals surface area contributed by atoms with Gasteiger partial charge in [0, 0.05) is 18.0 Å². The number of nitrogens with zero attached hydrogens (tertiary/aromatic N) is 1. The lowest BCUT2D eigenvalue weighted by Crippen LogP contribution is -2.42. The third kappa shape index (κ3) is 6.61. The fourth-order valence-corrected chi connectivity index (χ4v) is 5.39. The lowest BCUT2D eigenvalue weighted by atomic mass is 9.99. The highest BCUT2D eigenvalue weighted by Crippen LogP contribution is 2.38. The van der Waals surface area contributed by atoms with E-state index in [9.17, 15) is 14.0 Å². The van der Waals surface area contributed by atoms with Crippen LogP contribution in [0.3, 0.4) is 0 Å². The van der Waals surface area contributed by atoms with Gasteiger partial charge in [-0.1, -0.05) is 58.4 Å². The van der Waals surface area contributed by atoms with Gasteiger partial charge in [-0.25, -0.2) is 13.6 Å². The van der Waals surface area contributed by atoms with Crippen molar-refractivity contribution in [2.24, 2.45) is 5.92 Å². The highest BCUT2D eigenvalue weighted by atomic mass is 35.5. The van der Waals surface area contributed by atoms with Gasteiger partial charge in [-0.3, -0.25) is 4.79 Å². The SMILES string of the molecule is CCOC(=O)c1cn(C(CO[Si](C)(C)C(C)(C)C)C(C)C)c2cc(F)c(Cc3cccc(Cl)c3F)cc2c1=O. The zero-order valence-electron chi connectivity index (χ0n) is 24.0. The first-order valence-electron chi connectivity index (χ1n) is 13.2. The lowest BCUT2D eigenvalue weighted by molar-refractivity contribution is 0.0523. The molecule has 0 amide bonds. The van der Waals surface area contributed by atoms with Crippen molar-refractivity contribution in [1.29, 1.82) is 0 Å². The van der Waals surface area contributed by atoms with E-state index in [0.717, 1.165) is 0 Å². The van der Waals surface area contributed by atoms with Crippen LogP contribution in [-0.4, -0.2) is 32.1 Å². The van der Waals surface area contributed by atoms with Crippen LogP contribution in [0.2, 0.25) is 23.2 Å². The van der Waals surface area contributed by atoms with Gasteiger partial charge in [0.2, 0.25) is 5.43 Å². The van der Waals surface area contributed by atoms with E-state index in [4.69, 9.17) is 20.8 Å². The minimum atomic E-state index is -2.13. The molecule has 1 heterocycles. The number of rotatable bonds is 9. The number of aromatic nitrogens is 1. The van der Waals surface area contributed by atoms with Crippen LogP contribution >= 0.6 is 11.6 Å². The molecule has 5 nitrogen and oxygen atoms in total. The Labute approximate surface area is 235 Å². The Morgan fingerprint density at radius 2 is 1.79 bits per heavy atom. The van der Waals surface area contributed by atoms with Crippen LogP contribution in [0.1, 0.15) is 69.1 Å². The average Bonchev–Trinajstić information content (AvgIpc) is 2.83. The highest BCUT2D eigenvalue weighted by molar-refractivity contribution is 6.74. The molecule has 0 fully saturated rings. The van der Waals surface area contributed by atoms with Gasteiger partial charge < -0.3 is 13.7 Å². The van der Waals surface area contributed by atoms with E-state index in [1.165, 1.54) is 30.5 Å². The van der Waals surface area contributed by atoms with Crippen molar-refractivity contribution in [1.82, 2.24) is 4.57 Å². The molecule has 0 aliphatic rings. The van der Waals surface area contributed by atoms with Crippen molar-refractivity contribution in [3.8, 4) is 0 Å². The van der Waals surface area contributed by atoms with Gasteiger partial charge in [-0.2, -0.15) is 0 Å². The summed E-state index contributed by atoms with van der Waals surface area (Å²) >= 11 is 5.92. The van der Waals surface area contributed by atoms with Crippen molar-refractivity contribution in [3.05, 3.63) is 80.1 Å². The second-order valence-electron chi connectivity index (χ2n) is 11.7. The summed E-state index contributed by atoms with van der Waals surface area (Å²) in [5.41, 5.74) is -0.0649. The summed E-state index contributed by atoms with van der Waals surface area (Å²) in [4.78, 5) is 26.3. The molecule has 1 unspecified atom stereocenters. The molecular formula is C30H38ClF2NO4Si. The van der Waals surface area contributed by atoms with E-state index >= 15 is 4.39 Å². The molecule has 212 valence electrons. The number of carbonyl (C=O) groups is 1. The standard InChI is InChI=1S/C30H38ClF2NO4Si/c1-9-37-29(36)22-16-34(26(18(2)3)17-38-39(7,8)30(4,5)6)25-15-24(32)20(14-21(25)28(22)35)13-19-11-10-12-23(31)27(19)33/h10-12,14-16,18,26H,9,13,17H2,1-8H3. The molecule has 0 bridgehead atoms. The monoisotopic (exact) mass is 577 g/mol. The van der Waals surface area contributed by atoms with Gasteiger partial charge in [0.25, 0.3) is 0 Å². The molecule has 0 saturated carbocycles. The van der Waals surface area contributed by atoms with Crippen LogP contribution in [0.15, 0.2) is 41.3 Å². The van der Waals surface area contributed by atoms with Crippen LogP contribution in [0.25, 0.3) is 10.9 Å². The van der Waals surface area contributed by atoms with E-state index in [0.29, 0.717) is 12.1 Å². The Balaban J connectivity index is 2.23. The Kier molecular flexibility index (Phi) is 9.45. The highest BCUT2D eigenvalue weighted by Gasteiger charge is 2.38. The predicted molar refractivity (Wildman–Crippen MR) is 155 cm³/mol. The molecule has 0 aliphatic heterocycles. The molecule has 1 aromatic heterocycles. The van der Waals surface area contributed by atoms with Crippen molar-refractivity contribution in [2.45, 2.75) is 72.1 Å². The number of fused-ring (bicyclic) bond motifs is 1. The number of carbonyl (C=O) groups excluding carboxylic acids is 1. The van der Waals surface area contributed by atoms with Crippen LogP contribution in [0, 0.1) is 17.6 Å². The first-order chi connectivity index (χ1) is 18.1. The van der Waals surface area contributed by atoms with Crippen LogP contribution in [-0.2, 0) is 15.6 Å². The number of ether oxygens (including phenoxy) is 1. The molecule has 1 atom stereocenters. The third-order valence-corrected chi connectivity index (χ3v) is 12.4. The Morgan fingerprint density at radius 1 is 1.13 bits per heavy atom. The van der Waals surface area contributed by atoms with E-state index in [1.807, 2.05) is 13.8 Å². The predicted octanol–water partition coefficient (Wildman–Crippen LogP) is 7.92. The van der Waals surface area contributed by atoms with Crippen LogP contribution in [0.4, 0.5) is 8.78 Å². The van der Waals surface area contributed by atoms with Crippen molar-refractivity contribution in [3.63, 3.8) is 0 Å². The molecule has 0 aliphatic carbocycles. The summed E-state index contributed by atoms with van der Waals surface area (Å²) in [6.07, 6.45) is 1.34. The van der Waals surface area contributed by atoms with E-state index in [1.54, 1.807) is 17.6 Å². The maximum Gasteiger partial charge on any atom is 0.343 e. The van der Waals surface area contributed by atoms with Gasteiger partial charge in [0.1, 0.15) is 17.2 Å². The molecule has 0 N–H and O–H groups in total. The van der Waals surface area contributed by atoms with Gasteiger partial charge >= 0.3 is 5.97 Å². The fourth-order valence-electron chi connectivity index (χ4n) is 4.17. The Hall–Kier alpha value is -2.55. The van der Waals surface area contributed by atoms with Crippen LogP contribution in [0.5, 0.6) is 0 Å². The summed E-state index contributed by atoms with van der Waals surface area (Å²) in [5.74, 6) is -1.96. The normalized spacial score (nSPS) is 13.2. The zero-order valence-corrected chi connectivity index (χ0v) is 25.7. The first kappa shape index (κ1) is 31.0. The molecule has 2 aromatic carbocycles. The summed E-state index contributed by atoms with van der Waals surface area (Å²) in [6, 6.07) is 6.90. The van der Waals surface area contributed by atoms with E-state index < -0.39 is 31.3 Å². The van der Waals surface area contributed by atoms with Crippen molar-refractivity contribution in [2.75, 3.05) is 13.2 Å². The van der Waals surface area contributed by atoms with Crippen LogP contribution < -0.4 is 5.43 Å². The largest absolute Gasteiger partial charge is 0.462 e. The fraction of sp³-hybridized carbons (Fsp3) is 0.467. The summed E-state index contributed by atoms with van der Waals surface area (Å²) in [6.45, 7) is 16.9. The van der Waals surface area contributed by atoms with Crippen molar-refractivity contribution >= 4 is 36.8 Å². The number of hydrogen-bond acceptors (Lipinski definition) is 4. The number of hydrogen-bond donors (Lipinski definition) is 0. The number of halogens is 3. The second-order valence-corrected chi connectivity index (χ2v) is 16.9. The molecule has 9 heteroatoms. The van der Waals surface area contributed by atoms with Crippen molar-refractivity contribution < 1.29 is 22.7 Å². The quantitative estimate of drug-likeness (QED) is 0.191. The topological polar surface area (TPSA) is 57.5 Å². The minimum absolute atomic E-state index is 0.0210. The van der Waals surface area contributed by atoms with Gasteiger partial charge in [-0.05, 0) is 60.3 Å². The van der Waals surface area contributed by atoms with Gasteiger partial charge in [0.15, 0.2) is 8.32 Å². The minimum Gasteiger partial charge on any atom is -0.462 e. The smallest absolute Gasteiger partial charge is 0.343 e. The number of benzene rings is 2. The Bertz CT molecular complexity index is 1430. The van der Waals surface area contributed by atoms with E-state index in [2.05, 4.69) is 33.9 Å². The molecule has 0 radical (unpaired) electrons. The average molecular weight is 578 g/mol. The molecular weight excluding hydrogens is 540 g/mol. The van der Waals surface area contributed by atoms with Gasteiger partial charge in [-0.15, -0.1) is 0 Å². The zero-order chi connectivity index (χ0) is 29.3. The molecule has 0 saturated heterocycles. The maximum absolute atomic E-state index is 15.5. The molecule has 3 aromatic rings. The maximum atomic E-state index is 15.5. The Morgan fingerprint density at radius 3 is 2.38 bits per heavy atom. The molecule has 0 spiro atoms. The lowest BCUT2D eigenvalue weighted by Gasteiger charge is -2.38. The first-order valence-corrected chi connectivity index (χ1v) is 16.5. The number of esters is 1. The summed E-state index contributed by atoms with van der Waals surface area (Å²) < 4.78 is 43.6. The second kappa shape index (κ2) is 11.9. The molecule has 3 rings (SSSR count). The van der Waals surface area contributed by atoms with E-state index in [-0.39, 0.29) is 57.1 Å².